The minimum atomic E-state index is -1.13. The summed E-state index contributed by atoms with van der Waals surface area (Å²) >= 11 is 5.91. The molecule has 0 saturated heterocycles. The molecular formula is C15H16ClNO2S. The third-order valence-corrected chi connectivity index (χ3v) is 4.54. The van der Waals surface area contributed by atoms with Gasteiger partial charge in [-0.2, -0.15) is 0 Å². The van der Waals surface area contributed by atoms with Crippen molar-refractivity contribution in [2.24, 2.45) is 5.73 Å². The molecule has 0 amide bonds. The van der Waals surface area contributed by atoms with Gasteiger partial charge in [0, 0.05) is 22.0 Å². The average molecular weight is 310 g/mol. The molecule has 20 heavy (non-hydrogen) atoms. The molecule has 2 aromatic carbocycles. The zero-order chi connectivity index (χ0) is 14.5. The summed E-state index contributed by atoms with van der Waals surface area (Å²) in [6.07, 6.45) is 0. The highest BCUT2D eigenvalue weighted by Gasteiger charge is 2.08. The van der Waals surface area contributed by atoms with Crippen LogP contribution in [0.25, 0.3) is 0 Å². The van der Waals surface area contributed by atoms with Crippen LogP contribution in [0.15, 0.2) is 47.4 Å². The first-order valence-electron chi connectivity index (χ1n) is 6.14. The summed E-state index contributed by atoms with van der Waals surface area (Å²) in [5, 5.41) is 0.590. The Bertz CT molecular complexity index is 631. The number of ether oxygens (including phenoxy) is 1. The van der Waals surface area contributed by atoms with E-state index in [1.165, 1.54) is 0 Å². The summed E-state index contributed by atoms with van der Waals surface area (Å²) in [5.74, 6) is 1.15. The fourth-order valence-corrected chi connectivity index (χ4v) is 3.28. The highest BCUT2D eigenvalue weighted by Crippen LogP contribution is 2.22. The van der Waals surface area contributed by atoms with Crippen LogP contribution in [0.5, 0.6) is 5.75 Å². The van der Waals surface area contributed by atoms with Gasteiger partial charge < -0.3 is 10.5 Å². The quantitative estimate of drug-likeness (QED) is 0.923. The highest BCUT2D eigenvalue weighted by atomic mass is 35.5. The van der Waals surface area contributed by atoms with Gasteiger partial charge in [-0.1, -0.05) is 29.8 Å². The van der Waals surface area contributed by atoms with Gasteiger partial charge in [-0.05, 0) is 29.8 Å². The van der Waals surface area contributed by atoms with Crippen LogP contribution in [0.4, 0.5) is 0 Å². The van der Waals surface area contributed by atoms with E-state index >= 15 is 0 Å². The fraction of sp³-hybridized carbons (Fsp3) is 0.200. The van der Waals surface area contributed by atoms with E-state index in [1.807, 2.05) is 24.3 Å². The molecular weight excluding hydrogens is 294 g/mol. The molecule has 0 bridgehead atoms. The first kappa shape index (κ1) is 15.0. The predicted octanol–water partition coefficient (Wildman–Crippen LogP) is 3.12. The van der Waals surface area contributed by atoms with Gasteiger partial charge in [0.05, 0.1) is 23.7 Å². The first-order chi connectivity index (χ1) is 9.63. The number of rotatable bonds is 5. The maximum absolute atomic E-state index is 12.3. The van der Waals surface area contributed by atoms with E-state index in [9.17, 15) is 4.21 Å². The molecule has 0 saturated carbocycles. The van der Waals surface area contributed by atoms with E-state index in [4.69, 9.17) is 22.1 Å². The standard InChI is InChI=1S/C15H16ClNO2S/c1-19-15-7-11(5-6-12(15)9-17)10-20(18)14-4-2-3-13(16)8-14/h2-8H,9-10,17H2,1H3. The number of hydrogen-bond donors (Lipinski definition) is 1. The molecule has 2 rings (SSSR count). The zero-order valence-corrected chi connectivity index (χ0v) is 12.7. The van der Waals surface area contributed by atoms with Crippen molar-refractivity contribution in [1.29, 1.82) is 0 Å². The van der Waals surface area contributed by atoms with Crippen molar-refractivity contribution < 1.29 is 8.95 Å². The Hall–Kier alpha value is -1.36. The van der Waals surface area contributed by atoms with E-state index in [0.717, 1.165) is 21.8 Å². The fourth-order valence-electron chi connectivity index (χ4n) is 1.89. The molecule has 5 heteroatoms. The maximum Gasteiger partial charge on any atom is 0.123 e. The Morgan fingerprint density at radius 2 is 2.05 bits per heavy atom. The van der Waals surface area contributed by atoms with Crippen LogP contribution in [0, 0.1) is 0 Å². The second kappa shape index (κ2) is 6.88. The predicted molar refractivity (Wildman–Crippen MR) is 82.4 cm³/mol. The van der Waals surface area contributed by atoms with E-state index in [-0.39, 0.29) is 0 Å². The SMILES string of the molecule is COc1cc(CS(=O)c2cccc(Cl)c2)ccc1CN. The van der Waals surface area contributed by atoms with Crippen LogP contribution in [0.2, 0.25) is 5.02 Å². The highest BCUT2D eigenvalue weighted by molar-refractivity contribution is 7.84. The van der Waals surface area contributed by atoms with Crippen molar-refractivity contribution in [2.45, 2.75) is 17.2 Å². The minimum absolute atomic E-state index is 0.417. The van der Waals surface area contributed by atoms with Crippen LogP contribution in [-0.4, -0.2) is 11.3 Å². The van der Waals surface area contributed by atoms with Crippen LogP contribution in [0.1, 0.15) is 11.1 Å². The van der Waals surface area contributed by atoms with Crippen LogP contribution in [0.3, 0.4) is 0 Å². The van der Waals surface area contributed by atoms with Gasteiger partial charge in [-0.3, -0.25) is 4.21 Å². The monoisotopic (exact) mass is 309 g/mol. The largest absolute Gasteiger partial charge is 0.496 e. The molecule has 0 aliphatic heterocycles. The molecule has 0 fully saturated rings. The van der Waals surface area contributed by atoms with Crippen molar-refractivity contribution in [3.05, 3.63) is 58.6 Å². The van der Waals surface area contributed by atoms with Crippen molar-refractivity contribution in [3.63, 3.8) is 0 Å². The zero-order valence-electron chi connectivity index (χ0n) is 11.1. The number of hydrogen-bond acceptors (Lipinski definition) is 3. The minimum Gasteiger partial charge on any atom is -0.496 e. The van der Waals surface area contributed by atoms with Gasteiger partial charge in [0.15, 0.2) is 0 Å². The van der Waals surface area contributed by atoms with E-state index in [1.54, 1.807) is 25.3 Å². The molecule has 0 spiro atoms. The first-order valence-corrected chi connectivity index (χ1v) is 7.83. The maximum atomic E-state index is 12.3. The van der Waals surface area contributed by atoms with Gasteiger partial charge in [0.2, 0.25) is 0 Å². The lowest BCUT2D eigenvalue weighted by atomic mass is 10.1. The van der Waals surface area contributed by atoms with E-state index in [2.05, 4.69) is 0 Å². The van der Waals surface area contributed by atoms with Crippen LogP contribution < -0.4 is 10.5 Å². The molecule has 0 aliphatic rings. The van der Waals surface area contributed by atoms with Gasteiger partial charge in [-0.25, -0.2) is 0 Å². The van der Waals surface area contributed by atoms with E-state index in [0.29, 0.717) is 17.3 Å². The number of methoxy groups -OCH3 is 1. The third kappa shape index (κ3) is 3.60. The van der Waals surface area contributed by atoms with Crippen LogP contribution >= 0.6 is 11.6 Å². The lowest BCUT2D eigenvalue weighted by Crippen LogP contribution is -2.02. The lowest BCUT2D eigenvalue weighted by molar-refractivity contribution is 0.409. The van der Waals surface area contributed by atoms with Crippen LogP contribution in [-0.2, 0) is 23.1 Å². The Labute approximate surface area is 126 Å². The molecule has 0 aromatic heterocycles. The van der Waals surface area contributed by atoms with Crippen molar-refractivity contribution in [1.82, 2.24) is 0 Å². The molecule has 0 heterocycles. The summed E-state index contributed by atoms with van der Waals surface area (Å²) in [5.41, 5.74) is 7.51. The summed E-state index contributed by atoms with van der Waals surface area (Å²) in [6.45, 7) is 0.417. The second-order valence-electron chi connectivity index (χ2n) is 4.30. The van der Waals surface area contributed by atoms with Crippen molar-refractivity contribution in [3.8, 4) is 5.75 Å². The normalized spacial score (nSPS) is 12.2. The average Bonchev–Trinajstić information content (AvgIpc) is 2.47. The Morgan fingerprint density at radius 3 is 2.70 bits per heavy atom. The molecule has 0 aliphatic carbocycles. The molecule has 0 radical (unpaired) electrons. The molecule has 2 N–H and O–H groups in total. The summed E-state index contributed by atoms with van der Waals surface area (Å²) in [7, 11) is 0.469. The molecule has 1 unspecified atom stereocenters. The summed E-state index contributed by atoms with van der Waals surface area (Å²) in [6, 6.07) is 12.8. The number of nitrogens with two attached hydrogens (primary N) is 1. The third-order valence-electron chi connectivity index (χ3n) is 2.93. The molecule has 3 nitrogen and oxygen atoms in total. The topological polar surface area (TPSA) is 52.3 Å². The molecule has 1 atom stereocenters. The van der Waals surface area contributed by atoms with Crippen molar-refractivity contribution in [2.75, 3.05) is 7.11 Å². The number of benzene rings is 2. The summed E-state index contributed by atoms with van der Waals surface area (Å²) in [4.78, 5) is 0.722. The lowest BCUT2D eigenvalue weighted by Gasteiger charge is -2.09. The van der Waals surface area contributed by atoms with Gasteiger partial charge in [0.25, 0.3) is 0 Å². The summed E-state index contributed by atoms with van der Waals surface area (Å²) < 4.78 is 17.6. The van der Waals surface area contributed by atoms with Crippen molar-refractivity contribution >= 4 is 22.4 Å². The molecule has 106 valence electrons. The Balaban J connectivity index is 2.19. The molecule has 2 aromatic rings. The number of halogens is 1. The Morgan fingerprint density at radius 1 is 1.25 bits per heavy atom. The smallest absolute Gasteiger partial charge is 0.123 e. The Kier molecular flexibility index (Phi) is 5.17. The van der Waals surface area contributed by atoms with E-state index < -0.39 is 10.8 Å². The second-order valence-corrected chi connectivity index (χ2v) is 6.19. The van der Waals surface area contributed by atoms with Gasteiger partial charge >= 0.3 is 0 Å². The van der Waals surface area contributed by atoms with Gasteiger partial charge in [0.1, 0.15) is 5.75 Å². The van der Waals surface area contributed by atoms with Gasteiger partial charge in [-0.15, -0.1) is 0 Å².